The molecule has 1 aromatic heterocycles. The summed E-state index contributed by atoms with van der Waals surface area (Å²) in [6.07, 6.45) is 2.94. The molecule has 1 N–H and O–H groups in total. The number of nitrogens with zero attached hydrogens (tertiary/aromatic N) is 3. The second kappa shape index (κ2) is 4.67. The third-order valence-electron chi connectivity index (χ3n) is 2.25. The monoisotopic (exact) mass is 244 g/mol. The lowest BCUT2D eigenvalue weighted by molar-refractivity contribution is 0.102. The molecule has 0 aliphatic carbocycles. The van der Waals surface area contributed by atoms with Gasteiger partial charge in [-0.25, -0.2) is 4.39 Å². The van der Waals surface area contributed by atoms with Crippen LogP contribution in [0.2, 0.25) is 0 Å². The second-order valence-corrected chi connectivity index (χ2v) is 3.70. The average Bonchev–Trinajstić information content (AvgIpc) is 2.75. The summed E-state index contributed by atoms with van der Waals surface area (Å²) in [5.74, 6) is -0.979. The summed E-state index contributed by atoms with van der Waals surface area (Å²) in [7, 11) is 1.69. The summed E-state index contributed by atoms with van der Waals surface area (Å²) in [5, 5.41) is 15.1. The normalized spacial score (nSPS) is 9.83. The molecule has 0 atom stereocenters. The summed E-state index contributed by atoms with van der Waals surface area (Å²) in [5.41, 5.74) is 0.747. The Labute approximate surface area is 102 Å². The maximum atomic E-state index is 13.2. The molecule has 0 aliphatic rings. The number of nitrogens with one attached hydrogen (secondary N) is 1. The topological polar surface area (TPSA) is 70.7 Å². The molecule has 0 aliphatic heterocycles. The van der Waals surface area contributed by atoms with E-state index >= 15 is 0 Å². The number of amides is 1. The highest BCUT2D eigenvalue weighted by Gasteiger charge is 2.09. The van der Waals surface area contributed by atoms with Gasteiger partial charge in [-0.15, -0.1) is 0 Å². The Morgan fingerprint density at radius 1 is 1.50 bits per heavy atom. The molecule has 0 saturated heterocycles. The molecular weight excluding hydrogens is 235 g/mol. The number of aromatic nitrogens is 2. The molecule has 6 heteroatoms. The van der Waals surface area contributed by atoms with Crippen LogP contribution < -0.4 is 5.32 Å². The minimum atomic E-state index is -0.574. The van der Waals surface area contributed by atoms with Gasteiger partial charge in [-0.3, -0.25) is 9.48 Å². The zero-order valence-corrected chi connectivity index (χ0v) is 9.51. The van der Waals surface area contributed by atoms with Crippen molar-refractivity contribution in [2.45, 2.75) is 0 Å². The highest BCUT2D eigenvalue weighted by atomic mass is 19.1. The molecule has 90 valence electrons. The quantitative estimate of drug-likeness (QED) is 0.873. The highest BCUT2D eigenvalue weighted by Crippen LogP contribution is 2.14. The Morgan fingerprint density at radius 3 is 2.89 bits per heavy atom. The van der Waals surface area contributed by atoms with Crippen LogP contribution in [0.4, 0.5) is 10.1 Å². The minimum Gasteiger partial charge on any atom is -0.322 e. The maximum absolute atomic E-state index is 13.2. The number of halogens is 1. The molecule has 0 unspecified atom stereocenters. The lowest BCUT2D eigenvalue weighted by atomic mass is 10.2. The Hall–Kier alpha value is -2.68. The van der Waals surface area contributed by atoms with Crippen LogP contribution in [0, 0.1) is 17.1 Å². The van der Waals surface area contributed by atoms with Crippen molar-refractivity contribution in [1.29, 1.82) is 5.26 Å². The van der Waals surface area contributed by atoms with Crippen molar-refractivity contribution in [3.8, 4) is 6.07 Å². The third-order valence-corrected chi connectivity index (χ3v) is 2.25. The van der Waals surface area contributed by atoms with Gasteiger partial charge in [-0.05, 0) is 18.2 Å². The average molecular weight is 244 g/mol. The molecule has 2 rings (SSSR count). The SMILES string of the molecule is Cn1cc(C(=O)Nc2cc(F)cc(C#N)c2)cn1. The van der Waals surface area contributed by atoms with Gasteiger partial charge in [0.2, 0.25) is 0 Å². The first kappa shape index (κ1) is 11.8. The summed E-state index contributed by atoms with van der Waals surface area (Å²) in [4.78, 5) is 11.8. The largest absolute Gasteiger partial charge is 0.322 e. The summed E-state index contributed by atoms with van der Waals surface area (Å²) < 4.78 is 14.6. The Kier molecular flexibility index (Phi) is 3.06. The Balaban J connectivity index is 2.22. The van der Waals surface area contributed by atoms with Gasteiger partial charge >= 0.3 is 0 Å². The second-order valence-electron chi connectivity index (χ2n) is 3.70. The van der Waals surface area contributed by atoms with Crippen molar-refractivity contribution >= 4 is 11.6 Å². The predicted octanol–water partition coefficient (Wildman–Crippen LogP) is 1.68. The molecule has 2 aromatic rings. The molecule has 0 saturated carbocycles. The number of rotatable bonds is 2. The maximum Gasteiger partial charge on any atom is 0.258 e. The molecule has 5 nitrogen and oxygen atoms in total. The lowest BCUT2D eigenvalue weighted by Gasteiger charge is -2.04. The fourth-order valence-corrected chi connectivity index (χ4v) is 1.47. The minimum absolute atomic E-state index is 0.150. The summed E-state index contributed by atoms with van der Waals surface area (Å²) in [6, 6.07) is 5.46. The number of carbonyl (C=O) groups excluding carboxylic acids is 1. The molecular formula is C12H9FN4O. The first-order valence-electron chi connectivity index (χ1n) is 5.09. The lowest BCUT2D eigenvalue weighted by Crippen LogP contribution is -2.11. The van der Waals surface area contributed by atoms with E-state index in [2.05, 4.69) is 10.4 Å². The van der Waals surface area contributed by atoms with Gasteiger partial charge in [0.1, 0.15) is 5.82 Å². The van der Waals surface area contributed by atoms with Crippen LogP contribution in [0.25, 0.3) is 0 Å². The van der Waals surface area contributed by atoms with Crippen LogP contribution in [0.15, 0.2) is 30.6 Å². The van der Waals surface area contributed by atoms with Crippen LogP contribution in [0.5, 0.6) is 0 Å². The van der Waals surface area contributed by atoms with E-state index in [0.717, 1.165) is 12.1 Å². The first-order chi connectivity index (χ1) is 8.58. The number of carbonyl (C=O) groups is 1. The molecule has 1 heterocycles. The number of benzene rings is 1. The van der Waals surface area contributed by atoms with Crippen LogP contribution >= 0.6 is 0 Å². The number of anilines is 1. The van der Waals surface area contributed by atoms with E-state index in [-0.39, 0.29) is 11.3 Å². The molecule has 1 amide bonds. The predicted molar refractivity (Wildman–Crippen MR) is 62.3 cm³/mol. The molecule has 0 bridgehead atoms. The molecule has 1 aromatic carbocycles. The van der Waals surface area contributed by atoms with Gasteiger partial charge in [-0.1, -0.05) is 0 Å². The van der Waals surface area contributed by atoms with Gasteiger partial charge < -0.3 is 5.32 Å². The van der Waals surface area contributed by atoms with Gasteiger partial charge in [0, 0.05) is 18.9 Å². The first-order valence-corrected chi connectivity index (χ1v) is 5.09. The van der Waals surface area contributed by atoms with E-state index in [9.17, 15) is 9.18 Å². The van der Waals surface area contributed by atoms with Crippen LogP contribution in [-0.4, -0.2) is 15.7 Å². The van der Waals surface area contributed by atoms with E-state index in [1.165, 1.54) is 16.9 Å². The van der Waals surface area contributed by atoms with Gasteiger partial charge in [0.25, 0.3) is 5.91 Å². The number of hydrogen-bond acceptors (Lipinski definition) is 3. The van der Waals surface area contributed by atoms with Crippen LogP contribution in [0.3, 0.4) is 0 Å². The molecule has 0 radical (unpaired) electrons. The molecule has 0 spiro atoms. The van der Waals surface area contributed by atoms with Crippen molar-refractivity contribution in [2.24, 2.45) is 7.05 Å². The van der Waals surface area contributed by atoms with E-state index in [0.29, 0.717) is 5.56 Å². The summed E-state index contributed by atoms with van der Waals surface area (Å²) in [6.45, 7) is 0. The van der Waals surface area contributed by atoms with Crippen molar-refractivity contribution < 1.29 is 9.18 Å². The van der Waals surface area contributed by atoms with Crippen molar-refractivity contribution in [3.05, 3.63) is 47.5 Å². The Bertz CT molecular complexity index is 642. The zero-order valence-electron chi connectivity index (χ0n) is 9.51. The van der Waals surface area contributed by atoms with Gasteiger partial charge in [0.15, 0.2) is 0 Å². The summed E-state index contributed by atoms with van der Waals surface area (Å²) >= 11 is 0. The van der Waals surface area contributed by atoms with Crippen LogP contribution in [0.1, 0.15) is 15.9 Å². The number of hydrogen-bond donors (Lipinski definition) is 1. The van der Waals surface area contributed by atoms with E-state index in [1.807, 2.05) is 6.07 Å². The molecule has 18 heavy (non-hydrogen) atoms. The highest BCUT2D eigenvalue weighted by molar-refractivity contribution is 6.04. The zero-order chi connectivity index (χ0) is 13.1. The van der Waals surface area contributed by atoms with E-state index in [4.69, 9.17) is 5.26 Å². The van der Waals surface area contributed by atoms with Crippen LogP contribution in [-0.2, 0) is 7.05 Å². The number of aryl methyl sites for hydroxylation is 1. The van der Waals surface area contributed by atoms with E-state index in [1.54, 1.807) is 13.2 Å². The van der Waals surface area contributed by atoms with Crippen molar-refractivity contribution in [3.63, 3.8) is 0 Å². The van der Waals surface area contributed by atoms with Crippen molar-refractivity contribution in [2.75, 3.05) is 5.32 Å². The fourth-order valence-electron chi connectivity index (χ4n) is 1.47. The smallest absolute Gasteiger partial charge is 0.258 e. The fraction of sp³-hybridized carbons (Fsp3) is 0.0833. The van der Waals surface area contributed by atoms with E-state index < -0.39 is 11.7 Å². The molecule has 0 fully saturated rings. The van der Waals surface area contributed by atoms with Gasteiger partial charge in [0.05, 0.1) is 23.4 Å². The Morgan fingerprint density at radius 2 is 2.28 bits per heavy atom. The number of nitriles is 1. The van der Waals surface area contributed by atoms with Crippen molar-refractivity contribution in [1.82, 2.24) is 9.78 Å². The standard InChI is InChI=1S/C12H9FN4O/c1-17-7-9(6-15-17)12(18)16-11-3-8(5-14)2-10(13)4-11/h2-4,6-7H,1H3,(H,16,18). The van der Waals surface area contributed by atoms with Gasteiger partial charge in [-0.2, -0.15) is 10.4 Å². The third kappa shape index (κ3) is 2.52.